The monoisotopic (exact) mass is 414 g/mol. The zero-order valence-corrected chi connectivity index (χ0v) is 17.1. The first-order valence-electron chi connectivity index (χ1n) is 10.1. The SMILES string of the molecule is CCOC(=O)C1CCCN(C(=O)C(C)NC(=O)Cc2n[nH]c(=O)c3ccccc23)C1. The summed E-state index contributed by atoms with van der Waals surface area (Å²) >= 11 is 0. The van der Waals surface area contributed by atoms with Crippen molar-refractivity contribution in [2.24, 2.45) is 5.92 Å². The van der Waals surface area contributed by atoms with Crippen LogP contribution in [-0.4, -0.2) is 58.6 Å². The standard InChI is InChI=1S/C21H26N4O5/c1-3-30-21(29)14-7-6-10-25(12-14)20(28)13(2)22-18(26)11-17-15-8-4-5-9-16(15)19(27)24-23-17/h4-5,8-9,13-14H,3,6-7,10-12H2,1-2H3,(H,22,26)(H,24,27). The number of carbonyl (C=O) groups excluding carboxylic acids is 3. The molecule has 0 radical (unpaired) electrons. The van der Waals surface area contributed by atoms with E-state index in [4.69, 9.17) is 4.74 Å². The number of hydrogen-bond acceptors (Lipinski definition) is 6. The average Bonchev–Trinajstić information content (AvgIpc) is 2.75. The van der Waals surface area contributed by atoms with E-state index in [-0.39, 0.29) is 35.7 Å². The number of aromatic nitrogens is 2. The number of fused-ring (bicyclic) bond motifs is 1. The first kappa shape index (κ1) is 21.5. The van der Waals surface area contributed by atoms with Gasteiger partial charge in [0.1, 0.15) is 6.04 Å². The van der Waals surface area contributed by atoms with E-state index in [0.717, 1.165) is 0 Å². The Kier molecular flexibility index (Phi) is 6.81. The first-order chi connectivity index (χ1) is 14.4. The van der Waals surface area contributed by atoms with Gasteiger partial charge in [-0.15, -0.1) is 0 Å². The number of hydrogen-bond donors (Lipinski definition) is 2. The maximum atomic E-state index is 12.8. The summed E-state index contributed by atoms with van der Waals surface area (Å²) in [6.45, 7) is 4.52. The smallest absolute Gasteiger partial charge is 0.310 e. The maximum absolute atomic E-state index is 12.8. The van der Waals surface area contributed by atoms with Crippen LogP contribution in [0.1, 0.15) is 32.4 Å². The molecule has 2 N–H and O–H groups in total. The highest BCUT2D eigenvalue weighted by molar-refractivity contribution is 5.91. The van der Waals surface area contributed by atoms with Crippen LogP contribution in [-0.2, 0) is 25.5 Å². The summed E-state index contributed by atoms with van der Waals surface area (Å²) in [6, 6.07) is 6.17. The molecular weight excluding hydrogens is 388 g/mol. The summed E-state index contributed by atoms with van der Waals surface area (Å²) in [5.41, 5.74) is 0.113. The van der Waals surface area contributed by atoms with Gasteiger partial charge in [-0.25, -0.2) is 5.10 Å². The number of amides is 2. The van der Waals surface area contributed by atoms with Crippen molar-refractivity contribution in [2.75, 3.05) is 19.7 Å². The second-order valence-electron chi connectivity index (χ2n) is 7.39. The van der Waals surface area contributed by atoms with Gasteiger partial charge in [0.25, 0.3) is 5.56 Å². The molecule has 0 bridgehead atoms. The van der Waals surface area contributed by atoms with Crippen LogP contribution in [0.5, 0.6) is 0 Å². The number of rotatable bonds is 6. The molecule has 30 heavy (non-hydrogen) atoms. The lowest BCUT2D eigenvalue weighted by Crippen LogP contribution is -2.51. The number of nitrogens with zero attached hydrogens (tertiary/aromatic N) is 2. The molecule has 2 amide bonds. The summed E-state index contributed by atoms with van der Waals surface area (Å²) in [4.78, 5) is 50.7. The molecule has 0 aliphatic carbocycles. The Hall–Kier alpha value is -3.23. The molecule has 1 aliphatic heterocycles. The van der Waals surface area contributed by atoms with Crippen LogP contribution in [0, 0.1) is 5.92 Å². The van der Waals surface area contributed by atoms with E-state index in [1.54, 1.807) is 43.0 Å². The van der Waals surface area contributed by atoms with Crippen LogP contribution in [0.3, 0.4) is 0 Å². The highest BCUT2D eigenvalue weighted by Gasteiger charge is 2.31. The summed E-state index contributed by atoms with van der Waals surface area (Å²) in [5.74, 6) is -1.24. The van der Waals surface area contributed by atoms with Crippen molar-refractivity contribution in [3.63, 3.8) is 0 Å². The Morgan fingerprint density at radius 3 is 2.77 bits per heavy atom. The molecule has 3 rings (SSSR count). The normalized spacial score (nSPS) is 17.4. The predicted molar refractivity (Wildman–Crippen MR) is 110 cm³/mol. The van der Waals surface area contributed by atoms with Crippen LogP contribution >= 0.6 is 0 Å². The van der Waals surface area contributed by atoms with Crippen molar-refractivity contribution in [3.8, 4) is 0 Å². The molecule has 1 saturated heterocycles. The molecule has 1 aromatic heterocycles. The van der Waals surface area contributed by atoms with E-state index in [1.165, 1.54) is 0 Å². The molecule has 9 nitrogen and oxygen atoms in total. The Bertz CT molecular complexity index is 1000. The topological polar surface area (TPSA) is 121 Å². The van der Waals surface area contributed by atoms with Gasteiger partial charge in [0, 0.05) is 18.5 Å². The zero-order chi connectivity index (χ0) is 21.7. The summed E-state index contributed by atoms with van der Waals surface area (Å²) in [6.07, 6.45) is 1.33. The number of likely N-dealkylation sites (tertiary alicyclic amines) is 1. The van der Waals surface area contributed by atoms with E-state index in [0.29, 0.717) is 49.0 Å². The predicted octanol–water partition coefficient (Wildman–Crippen LogP) is 0.772. The Labute approximate surface area is 173 Å². The molecule has 2 unspecified atom stereocenters. The quantitative estimate of drug-likeness (QED) is 0.674. The molecular formula is C21H26N4O5. The van der Waals surface area contributed by atoms with Gasteiger partial charge in [0.05, 0.1) is 30.0 Å². The second-order valence-corrected chi connectivity index (χ2v) is 7.39. The zero-order valence-electron chi connectivity index (χ0n) is 17.1. The number of nitrogens with one attached hydrogen (secondary N) is 2. The fraction of sp³-hybridized carbons (Fsp3) is 0.476. The van der Waals surface area contributed by atoms with Gasteiger partial charge in [-0.2, -0.15) is 5.10 Å². The number of ether oxygens (including phenoxy) is 1. The van der Waals surface area contributed by atoms with Crippen molar-refractivity contribution in [1.82, 2.24) is 20.4 Å². The second kappa shape index (κ2) is 9.51. The third-order valence-corrected chi connectivity index (χ3v) is 5.20. The minimum atomic E-state index is -0.743. The molecule has 1 aromatic carbocycles. The van der Waals surface area contributed by atoms with E-state index >= 15 is 0 Å². The minimum Gasteiger partial charge on any atom is -0.466 e. The molecule has 2 heterocycles. The number of carbonyl (C=O) groups is 3. The van der Waals surface area contributed by atoms with Crippen molar-refractivity contribution in [2.45, 2.75) is 39.2 Å². The largest absolute Gasteiger partial charge is 0.466 e. The number of esters is 1. The highest BCUT2D eigenvalue weighted by atomic mass is 16.5. The molecule has 2 atom stereocenters. The van der Waals surface area contributed by atoms with Gasteiger partial charge in [0.2, 0.25) is 11.8 Å². The third kappa shape index (κ3) is 4.84. The van der Waals surface area contributed by atoms with Crippen molar-refractivity contribution < 1.29 is 19.1 Å². The lowest BCUT2D eigenvalue weighted by Gasteiger charge is -2.33. The number of aromatic amines is 1. The Morgan fingerprint density at radius 2 is 2.03 bits per heavy atom. The Balaban J connectivity index is 1.62. The van der Waals surface area contributed by atoms with Gasteiger partial charge in [-0.1, -0.05) is 18.2 Å². The fourth-order valence-corrected chi connectivity index (χ4v) is 3.72. The number of H-pyrrole nitrogens is 1. The Morgan fingerprint density at radius 1 is 1.30 bits per heavy atom. The summed E-state index contributed by atoms with van der Waals surface area (Å²) < 4.78 is 5.07. The molecule has 9 heteroatoms. The van der Waals surface area contributed by atoms with Gasteiger partial charge in [-0.3, -0.25) is 19.2 Å². The third-order valence-electron chi connectivity index (χ3n) is 5.20. The summed E-state index contributed by atoms with van der Waals surface area (Å²) in [7, 11) is 0. The van der Waals surface area contributed by atoms with Crippen LogP contribution in [0.4, 0.5) is 0 Å². The van der Waals surface area contributed by atoms with E-state index in [1.807, 2.05) is 0 Å². The van der Waals surface area contributed by atoms with Crippen molar-refractivity contribution in [1.29, 1.82) is 0 Å². The highest BCUT2D eigenvalue weighted by Crippen LogP contribution is 2.19. The fourth-order valence-electron chi connectivity index (χ4n) is 3.72. The first-order valence-corrected chi connectivity index (χ1v) is 10.1. The van der Waals surface area contributed by atoms with Gasteiger partial charge >= 0.3 is 5.97 Å². The molecule has 0 spiro atoms. The molecule has 2 aromatic rings. The lowest BCUT2D eigenvalue weighted by atomic mass is 9.97. The van der Waals surface area contributed by atoms with Crippen LogP contribution in [0.25, 0.3) is 10.8 Å². The average molecular weight is 414 g/mol. The van der Waals surface area contributed by atoms with Crippen LogP contribution in [0.2, 0.25) is 0 Å². The van der Waals surface area contributed by atoms with Crippen LogP contribution in [0.15, 0.2) is 29.1 Å². The molecule has 160 valence electrons. The van der Waals surface area contributed by atoms with Gasteiger partial charge in [-0.05, 0) is 32.8 Å². The lowest BCUT2D eigenvalue weighted by molar-refractivity contribution is -0.151. The molecule has 1 aliphatic rings. The van der Waals surface area contributed by atoms with E-state index < -0.39 is 6.04 Å². The van der Waals surface area contributed by atoms with E-state index in [2.05, 4.69) is 15.5 Å². The summed E-state index contributed by atoms with van der Waals surface area (Å²) in [5, 5.41) is 10.1. The minimum absolute atomic E-state index is 0.0691. The van der Waals surface area contributed by atoms with Gasteiger partial charge in [0.15, 0.2) is 0 Å². The van der Waals surface area contributed by atoms with Crippen LogP contribution < -0.4 is 10.9 Å². The van der Waals surface area contributed by atoms with Crippen molar-refractivity contribution in [3.05, 3.63) is 40.3 Å². The van der Waals surface area contributed by atoms with E-state index in [9.17, 15) is 19.2 Å². The van der Waals surface area contributed by atoms with Crippen molar-refractivity contribution >= 4 is 28.6 Å². The van der Waals surface area contributed by atoms with Gasteiger partial charge < -0.3 is 15.0 Å². The molecule has 0 saturated carbocycles. The molecule has 1 fully saturated rings. The maximum Gasteiger partial charge on any atom is 0.310 e. The number of piperidine rings is 1. The number of benzene rings is 1.